The number of rotatable bonds is 3. The average Bonchev–Trinajstić information content (AvgIpc) is 2.95. The summed E-state index contributed by atoms with van der Waals surface area (Å²) in [4.78, 5) is 29.3. The number of nitrogen functional groups attached to an aromatic ring is 1. The van der Waals surface area contributed by atoms with Crippen molar-refractivity contribution in [2.45, 2.75) is 6.54 Å². The second kappa shape index (κ2) is 5.51. The third-order valence-corrected chi connectivity index (χ3v) is 3.97. The molecule has 0 fully saturated rings. The summed E-state index contributed by atoms with van der Waals surface area (Å²) >= 11 is 1.22. The van der Waals surface area contributed by atoms with Crippen molar-refractivity contribution in [3.05, 3.63) is 40.3 Å². The fourth-order valence-electron chi connectivity index (χ4n) is 2.19. The number of thiazole rings is 1. The Morgan fingerprint density at radius 3 is 3.10 bits per heavy atom. The van der Waals surface area contributed by atoms with Crippen molar-refractivity contribution in [1.29, 1.82) is 0 Å². The van der Waals surface area contributed by atoms with Gasteiger partial charge < -0.3 is 10.2 Å². The lowest BCUT2D eigenvalue weighted by atomic mass is 10.2. The maximum Gasteiger partial charge on any atom is 0.294 e. The molecule has 3 rings (SSSR count). The highest BCUT2D eigenvalue weighted by Gasteiger charge is 2.22. The van der Waals surface area contributed by atoms with E-state index in [9.17, 15) is 9.59 Å². The van der Waals surface area contributed by atoms with Crippen LogP contribution in [0, 0.1) is 0 Å². The molecule has 2 aromatic rings. The first-order valence-electron chi connectivity index (χ1n) is 6.26. The van der Waals surface area contributed by atoms with Crippen LogP contribution in [0.4, 0.5) is 11.4 Å². The fraction of sp³-hybridized carbons (Fsp3) is 0.154. The summed E-state index contributed by atoms with van der Waals surface area (Å²) in [6.07, 6.45) is 0. The number of hydrogen-bond donors (Lipinski definition) is 3. The number of anilines is 2. The standard InChI is InChI=1S/C13H13N5O2S/c14-17-12(20)13-15-8(7-21-13)5-18-6-11(19)16-9-3-1-2-4-10(9)18/h1-4,7H,5-6,14H2,(H,16,19)(H,17,20). The molecule has 0 unspecified atom stereocenters. The van der Waals surface area contributed by atoms with Crippen LogP contribution in [0.15, 0.2) is 29.6 Å². The second-order valence-corrected chi connectivity index (χ2v) is 5.40. The van der Waals surface area contributed by atoms with Crippen molar-refractivity contribution >= 4 is 34.5 Å². The number of fused-ring (bicyclic) bond motifs is 1. The van der Waals surface area contributed by atoms with Crippen LogP contribution >= 0.6 is 11.3 Å². The zero-order valence-corrected chi connectivity index (χ0v) is 11.8. The Balaban J connectivity index is 1.83. The van der Waals surface area contributed by atoms with E-state index >= 15 is 0 Å². The van der Waals surface area contributed by atoms with E-state index in [2.05, 4.69) is 15.7 Å². The highest BCUT2D eigenvalue weighted by Crippen LogP contribution is 2.30. The number of nitrogens with zero attached hydrogens (tertiary/aromatic N) is 2. The summed E-state index contributed by atoms with van der Waals surface area (Å²) in [5.41, 5.74) is 4.50. The van der Waals surface area contributed by atoms with Crippen LogP contribution < -0.4 is 21.5 Å². The van der Waals surface area contributed by atoms with Crippen LogP contribution in [-0.2, 0) is 11.3 Å². The molecule has 0 spiro atoms. The molecule has 8 heteroatoms. The van der Waals surface area contributed by atoms with E-state index in [0.717, 1.165) is 17.1 Å². The first-order chi connectivity index (χ1) is 10.2. The van der Waals surface area contributed by atoms with Gasteiger partial charge in [-0.3, -0.25) is 15.0 Å². The number of nitrogens with two attached hydrogens (primary N) is 1. The molecule has 0 aliphatic carbocycles. The van der Waals surface area contributed by atoms with Gasteiger partial charge in [0.2, 0.25) is 5.91 Å². The number of nitrogens with one attached hydrogen (secondary N) is 2. The molecule has 4 N–H and O–H groups in total. The van der Waals surface area contributed by atoms with Crippen LogP contribution in [0.3, 0.4) is 0 Å². The Bertz CT molecular complexity index is 699. The molecule has 108 valence electrons. The molecule has 21 heavy (non-hydrogen) atoms. The molecular formula is C13H13N5O2S. The number of carbonyl (C=O) groups excluding carboxylic acids is 2. The van der Waals surface area contributed by atoms with Crippen LogP contribution in [0.5, 0.6) is 0 Å². The van der Waals surface area contributed by atoms with E-state index in [1.54, 1.807) is 5.38 Å². The lowest BCUT2D eigenvalue weighted by Crippen LogP contribution is -2.37. The normalized spacial score (nSPS) is 13.6. The van der Waals surface area contributed by atoms with Gasteiger partial charge in [0.1, 0.15) is 0 Å². The van der Waals surface area contributed by atoms with Gasteiger partial charge in [-0.25, -0.2) is 10.8 Å². The quantitative estimate of drug-likeness (QED) is 0.440. The second-order valence-electron chi connectivity index (χ2n) is 4.54. The maximum atomic E-state index is 11.7. The van der Waals surface area contributed by atoms with Crippen molar-refractivity contribution in [1.82, 2.24) is 10.4 Å². The number of hydrazine groups is 1. The third kappa shape index (κ3) is 2.71. The minimum absolute atomic E-state index is 0.0659. The van der Waals surface area contributed by atoms with Crippen LogP contribution in [0.2, 0.25) is 0 Å². The topological polar surface area (TPSA) is 100 Å². The summed E-state index contributed by atoms with van der Waals surface area (Å²) in [7, 11) is 0. The van der Waals surface area contributed by atoms with Gasteiger partial charge in [-0.05, 0) is 12.1 Å². The molecule has 0 saturated carbocycles. The SMILES string of the molecule is NNC(=O)c1nc(CN2CC(=O)Nc3ccccc32)cs1. The van der Waals surface area contributed by atoms with E-state index in [1.165, 1.54) is 11.3 Å². The van der Waals surface area contributed by atoms with Crippen LogP contribution in [0.1, 0.15) is 15.5 Å². The Hall–Kier alpha value is -2.45. The Kier molecular flexibility index (Phi) is 3.55. The summed E-state index contributed by atoms with van der Waals surface area (Å²) in [6.45, 7) is 0.714. The molecule has 7 nitrogen and oxygen atoms in total. The summed E-state index contributed by atoms with van der Waals surface area (Å²) < 4.78 is 0. The van der Waals surface area contributed by atoms with Crippen molar-refractivity contribution in [2.24, 2.45) is 5.84 Å². The minimum Gasteiger partial charge on any atom is -0.355 e. The molecule has 1 aliphatic rings. The zero-order chi connectivity index (χ0) is 14.8. The third-order valence-electron chi connectivity index (χ3n) is 3.08. The molecule has 0 saturated heterocycles. The summed E-state index contributed by atoms with van der Waals surface area (Å²) in [6, 6.07) is 7.58. The maximum absolute atomic E-state index is 11.7. The van der Waals surface area contributed by atoms with Gasteiger partial charge in [0, 0.05) is 5.38 Å². The van der Waals surface area contributed by atoms with E-state index in [1.807, 2.05) is 29.2 Å². The van der Waals surface area contributed by atoms with Gasteiger partial charge in [-0.2, -0.15) is 0 Å². The molecule has 0 radical (unpaired) electrons. The lowest BCUT2D eigenvalue weighted by Gasteiger charge is -2.30. The Morgan fingerprint density at radius 2 is 2.29 bits per heavy atom. The van der Waals surface area contributed by atoms with E-state index in [0.29, 0.717) is 11.6 Å². The van der Waals surface area contributed by atoms with Gasteiger partial charge >= 0.3 is 0 Å². The molecule has 0 bridgehead atoms. The van der Waals surface area contributed by atoms with Crippen LogP contribution in [0.25, 0.3) is 0 Å². The number of para-hydroxylation sites is 2. The highest BCUT2D eigenvalue weighted by atomic mass is 32.1. The van der Waals surface area contributed by atoms with Crippen LogP contribution in [-0.4, -0.2) is 23.3 Å². The van der Waals surface area contributed by atoms with Crippen molar-refractivity contribution in [3.8, 4) is 0 Å². The van der Waals surface area contributed by atoms with Crippen molar-refractivity contribution in [3.63, 3.8) is 0 Å². The molecule has 2 heterocycles. The predicted molar refractivity (Wildman–Crippen MR) is 79.9 cm³/mol. The number of hydrogen-bond acceptors (Lipinski definition) is 6. The van der Waals surface area contributed by atoms with Gasteiger partial charge in [0.25, 0.3) is 5.91 Å². The number of aromatic nitrogens is 1. The van der Waals surface area contributed by atoms with E-state index in [4.69, 9.17) is 5.84 Å². The molecule has 1 aromatic heterocycles. The van der Waals surface area contributed by atoms with E-state index in [-0.39, 0.29) is 12.5 Å². The first-order valence-corrected chi connectivity index (χ1v) is 7.14. The van der Waals surface area contributed by atoms with E-state index < -0.39 is 5.91 Å². The minimum atomic E-state index is -0.414. The smallest absolute Gasteiger partial charge is 0.294 e. The molecule has 0 atom stereocenters. The van der Waals surface area contributed by atoms with Gasteiger partial charge in [0.05, 0.1) is 30.2 Å². The Morgan fingerprint density at radius 1 is 1.48 bits per heavy atom. The predicted octanol–water partition coefficient (Wildman–Crippen LogP) is 0.705. The Labute approximate surface area is 124 Å². The average molecular weight is 303 g/mol. The van der Waals surface area contributed by atoms with Crippen molar-refractivity contribution in [2.75, 3.05) is 16.8 Å². The van der Waals surface area contributed by atoms with Gasteiger partial charge in [-0.15, -0.1) is 11.3 Å². The fourth-order valence-corrected chi connectivity index (χ4v) is 2.90. The lowest BCUT2D eigenvalue weighted by molar-refractivity contribution is -0.115. The number of amides is 2. The van der Waals surface area contributed by atoms with Crippen molar-refractivity contribution < 1.29 is 9.59 Å². The zero-order valence-electron chi connectivity index (χ0n) is 11.0. The summed E-state index contributed by atoms with van der Waals surface area (Å²) in [5.74, 6) is 4.60. The summed E-state index contributed by atoms with van der Waals surface area (Å²) in [5, 5.41) is 4.93. The monoisotopic (exact) mass is 303 g/mol. The van der Waals surface area contributed by atoms with Gasteiger partial charge in [-0.1, -0.05) is 12.1 Å². The number of carbonyl (C=O) groups is 2. The largest absolute Gasteiger partial charge is 0.355 e. The molecule has 2 amide bonds. The molecular weight excluding hydrogens is 290 g/mol. The first kappa shape index (κ1) is 13.5. The number of benzene rings is 1. The molecule has 1 aliphatic heterocycles. The molecule has 1 aromatic carbocycles. The highest BCUT2D eigenvalue weighted by molar-refractivity contribution is 7.11. The van der Waals surface area contributed by atoms with Gasteiger partial charge in [0.15, 0.2) is 5.01 Å².